The monoisotopic (exact) mass is 379 g/mol. The number of esters is 1. The largest absolute Gasteiger partial charge is 0.466 e. The van der Waals surface area contributed by atoms with Gasteiger partial charge in [-0.15, -0.1) is 0 Å². The number of ether oxygens (including phenoxy) is 1. The van der Waals surface area contributed by atoms with E-state index in [4.69, 9.17) is 4.74 Å². The minimum Gasteiger partial charge on any atom is -0.466 e. The van der Waals surface area contributed by atoms with Crippen molar-refractivity contribution in [3.8, 4) is 0 Å². The predicted octanol–water partition coefficient (Wildman–Crippen LogP) is 1.29. The summed E-state index contributed by atoms with van der Waals surface area (Å²) in [6.07, 6.45) is 4.42. The second kappa shape index (κ2) is 7.86. The summed E-state index contributed by atoms with van der Waals surface area (Å²) in [7, 11) is 0. The molecule has 2 saturated heterocycles. The number of nitrogens with zero attached hydrogens (tertiary/aromatic N) is 2. The number of hydrogen-bond acceptors (Lipinski definition) is 5. The number of imide groups is 1. The molecule has 1 N–H and O–H groups in total. The maximum absolute atomic E-state index is 12.9. The zero-order chi connectivity index (χ0) is 19.6. The number of hydrogen-bond donors (Lipinski definition) is 1. The van der Waals surface area contributed by atoms with E-state index in [-0.39, 0.29) is 36.8 Å². The first-order valence-electron chi connectivity index (χ1n) is 9.95. The lowest BCUT2D eigenvalue weighted by Gasteiger charge is -2.34. The Bertz CT molecular complexity index is 627. The Morgan fingerprint density at radius 2 is 1.93 bits per heavy atom. The summed E-state index contributed by atoms with van der Waals surface area (Å²) in [4.78, 5) is 52.5. The number of urea groups is 1. The van der Waals surface area contributed by atoms with Crippen LogP contribution in [-0.2, 0) is 19.1 Å². The minimum absolute atomic E-state index is 0.266. The first-order chi connectivity index (χ1) is 12.9. The average molecular weight is 379 g/mol. The van der Waals surface area contributed by atoms with Gasteiger partial charge in [-0.25, -0.2) is 4.79 Å². The number of amides is 4. The first-order valence-corrected chi connectivity index (χ1v) is 9.95. The molecule has 0 aromatic rings. The number of rotatable bonds is 4. The van der Waals surface area contributed by atoms with Gasteiger partial charge in [0.05, 0.1) is 12.5 Å². The van der Waals surface area contributed by atoms with Crippen LogP contribution in [0.1, 0.15) is 52.4 Å². The third-order valence-corrected chi connectivity index (χ3v) is 6.06. The van der Waals surface area contributed by atoms with Gasteiger partial charge in [-0.1, -0.05) is 6.92 Å². The summed E-state index contributed by atoms with van der Waals surface area (Å²) in [5.41, 5.74) is -0.834. The second-order valence-corrected chi connectivity index (χ2v) is 8.02. The second-order valence-electron chi connectivity index (χ2n) is 8.02. The lowest BCUT2D eigenvalue weighted by Crippen LogP contribution is -2.50. The Morgan fingerprint density at radius 3 is 2.59 bits per heavy atom. The Morgan fingerprint density at radius 1 is 1.22 bits per heavy atom. The van der Waals surface area contributed by atoms with Gasteiger partial charge in [0, 0.05) is 13.1 Å². The van der Waals surface area contributed by atoms with E-state index in [1.54, 1.807) is 11.8 Å². The molecule has 0 aromatic carbocycles. The van der Waals surface area contributed by atoms with Gasteiger partial charge in [-0.3, -0.25) is 19.3 Å². The van der Waals surface area contributed by atoms with Crippen LogP contribution in [0.3, 0.4) is 0 Å². The van der Waals surface area contributed by atoms with Crippen LogP contribution >= 0.6 is 0 Å². The Labute approximate surface area is 159 Å². The summed E-state index contributed by atoms with van der Waals surface area (Å²) < 4.78 is 5.06. The molecule has 4 amide bonds. The fraction of sp³-hybridized carbons (Fsp3) is 0.789. The molecule has 8 nitrogen and oxygen atoms in total. The first kappa shape index (κ1) is 19.6. The van der Waals surface area contributed by atoms with E-state index >= 15 is 0 Å². The maximum atomic E-state index is 12.9. The molecule has 0 unspecified atom stereocenters. The molecule has 0 radical (unpaired) electrons. The van der Waals surface area contributed by atoms with Gasteiger partial charge in [0.1, 0.15) is 12.1 Å². The van der Waals surface area contributed by atoms with E-state index in [2.05, 4.69) is 12.2 Å². The molecule has 2 aliphatic heterocycles. The van der Waals surface area contributed by atoms with Crippen molar-refractivity contribution in [3.05, 3.63) is 0 Å². The van der Waals surface area contributed by atoms with E-state index < -0.39 is 11.6 Å². The number of likely N-dealkylation sites (tertiary alicyclic amines) is 1. The van der Waals surface area contributed by atoms with Gasteiger partial charge < -0.3 is 15.0 Å². The third kappa shape index (κ3) is 3.94. The van der Waals surface area contributed by atoms with E-state index in [9.17, 15) is 19.2 Å². The molecule has 3 aliphatic rings. The predicted molar refractivity (Wildman–Crippen MR) is 96.5 cm³/mol. The number of piperidine rings is 1. The van der Waals surface area contributed by atoms with E-state index in [0.29, 0.717) is 44.8 Å². The summed E-state index contributed by atoms with van der Waals surface area (Å²) in [6.45, 7) is 4.75. The van der Waals surface area contributed by atoms with Gasteiger partial charge in [-0.2, -0.15) is 0 Å². The van der Waals surface area contributed by atoms with Crippen LogP contribution in [0.25, 0.3) is 0 Å². The molecule has 8 heteroatoms. The van der Waals surface area contributed by atoms with Gasteiger partial charge in [0.2, 0.25) is 5.91 Å². The van der Waals surface area contributed by atoms with Crippen LogP contribution in [0.4, 0.5) is 4.79 Å². The smallest absolute Gasteiger partial charge is 0.325 e. The lowest BCUT2D eigenvalue weighted by molar-refractivity contribution is -0.152. The summed E-state index contributed by atoms with van der Waals surface area (Å²) in [5.74, 6) is -0.665. The zero-order valence-corrected chi connectivity index (χ0v) is 16.2. The molecular weight excluding hydrogens is 350 g/mol. The van der Waals surface area contributed by atoms with Crippen molar-refractivity contribution >= 4 is 23.8 Å². The van der Waals surface area contributed by atoms with Crippen molar-refractivity contribution in [1.29, 1.82) is 0 Å². The molecule has 150 valence electrons. The van der Waals surface area contributed by atoms with Crippen molar-refractivity contribution in [2.75, 3.05) is 26.2 Å². The fourth-order valence-corrected chi connectivity index (χ4v) is 4.31. The highest BCUT2D eigenvalue weighted by molar-refractivity contribution is 6.09. The molecule has 27 heavy (non-hydrogen) atoms. The van der Waals surface area contributed by atoms with Crippen molar-refractivity contribution in [2.24, 2.45) is 11.8 Å². The standard InChI is InChI=1S/C19H29N3O5/c1-3-27-16(24)14-5-4-10-21(11-14)15(23)12-22-17(25)19(20-18(22)26)8-6-13(2)7-9-19/h13-14H,3-12H2,1-2H3,(H,20,26)/t13?,14-,19?/m1/s1. The normalized spacial score (nSPS) is 31.2. The molecule has 2 heterocycles. The van der Waals surface area contributed by atoms with Crippen molar-refractivity contribution in [2.45, 2.75) is 57.9 Å². The Kier molecular flexibility index (Phi) is 5.72. The van der Waals surface area contributed by atoms with Gasteiger partial charge in [-0.05, 0) is 51.4 Å². The molecule has 3 rings (SSSR count). The third-order valence-electron chi connectivity index (χ3n) is 6.06. The quantitative estimate of drug-likeness (QED) is 0.586. The number of carbonyl (C=O) groups is 4. The van der Waals surface area contributed by atoms with Crippen molar-refractivity contribution < 1.29 is 23.9 Å². The molecule has 1 aliphatic carbocycles. The zero-order valence-electron chi connectivity index (χ0n) is 16.2. The lowest BCUT2D eigenvalue weighted by atomic mass is 9.77. The molecule has 0 bridgehead atoms. The maximum Gasteiger partial charge on any atom is 0.325 e. The SMILES string of the molecule is CCOC(=O)[C@@H]1CCCN(C(=O)CN2C(=O)NC3(CCC(C)CC3)C2=O)C1. The van der Waals surface area contributed by atoms with Gasteiger partial charge in [0.15, 0.2) is 0 Å². The van der Waals surface area contributed by atoms with Crippen LogP contribution < -0.4 is 5.32 Å². The van der Waals surface area contributed by atoms with E-state index in [1.165, 1.54) is 0 Å². The van der Waals surface area contributed by atoms with E-state index in [0.717, 1.165) is 17.7 Å². The number of carbonyl (C=O) groups excluding carboxylic acids is 4. The topological polar surface area (TPSA) is 96.0 Å². The van der Waals surface area contributed by atoms with E-state index in [1.807, 2.05) is 0 Å². The molecule has 1 atom stereocenters. The van der Waals surface area contributed by atoms with Gasteiger partial charge >= 0.3 is 12.0 Å². The van der Waals surface area contributed by atoms with Crippen LogP contribution in [0.5, 0.6) is 0 Å². The molecule has 3 fully saturated rings. The van der Waals surface area contributed by atoms with Crippen LogP contribution in [-0.4, -0.2) is 65.4 Å². The average Bonchev–Trinajstić information content (AvgIpc) is 2.89. The highest BCUT2D eigenvalue weighted by Gasteiger charge is 2.52. The highest BCUT2D eigenvalue weighted by atomic mass is 16.5. The Balaban J connectivity index is 1.61. The van der Waals surface area contributed by atoms with Crippen molar-refractivity contribution in [1.82, 2.24) is 15.1 Å². The summed E-state index contributed by atoms with van der Waals surface area (Å²) >= 11 is 0. The summed E-state index contributed by atoms with van der Waals surface area (Å²) in [6, 6.07) is -0.484. The fourth-order valence-electron chi connectivity index (χ4n) is 4.31. The molecule has 1 saturated carbocycles. The molecule has 0 aromatic heterocycles. The Hall–Kier alpha value is -2.12. The highest BCUT2D eigenvalue weighted by Crippen LogP contribution is 2.36. The minimum atomic E-state index is -0.834. The van der Waals surface area contributed by atoms with Gasteiger partial charge in [0.25, 0.3) is 5.91 Å². The molecular formula is C19H29N3O5. The van der Waals surface area contributed by atoms with Crippen LogP contribution in [0, 0.1) is 11.8 Å². The molecule has 1 spiro atoms. The van der Waals surface area contributed by atoms with Crippen LogP contribution in [0.15, 0.2) is 0 Å². The van der Waals surface area contributed by atoms with Crippen LogP contribution in [0.2, 0.25) is 0 Å². The van der Waals surface area contributed by atoms with Crippen molar-refractivity contribution in [3.63, 3.8) is 0 Å². The summed E-state index contributed by atoms with van der Waals surface area (Å²) in [5, 5.41) is 2.83. The number of nitrogens with one attached hydrogen (secondary N) is 1.